The first-order valence-electron chi connectivity index (χ1n) is 9.32. The van der Waals surface area contributed by atoms with E-state index >= 15 is 0 Å². The van der Waals surface area contributed by atoms with Gasteiger partial charge in [-0.3, -0.25) is 9.20 Å². The first-order valence-corrected chi connectivity index (χ1v) is 10.2. The SMILES string of the molecule is C=CCc1cc(C(=O)Nc2ccc(-c3cn4ccsc4n3)cc2)cc(OC)c1OC. The highest BCUT2D eigenvalue weighted by molar-refractivity contribution is 7.15. The van der Waals surface area contributed by atoms with Crippen molar-refractivity contribution in [1.29, 1.82) is 0 Å². The van der Waals surface area contributed by atoms with Gasteiger partial charge in [-0.2, -0.15) is 0 Å². The Kier molecular flexibility index (Phi) is 5.54. The number of ether oxygens (including phenoxy) is 2. The fourth-order valence-corrected chi connectivity index (χ4v) is 3.98. The summed E-state index contributed by atoms with van der Waals surface area (Å²) in [6, 6.07) is 11.1. The summed E-state index contributed by atoms with van der Waals surface area (Å²) < 4.78 is 12.8. The fraction of sp³-hybridized carbons (Fsp3) is 0.130. The number of nitrogens with one attached hydrogen (secondary N) is 1. The maximum absolute atomic E-state index is 12.8. The lowest BCUT2D eigenvalue weighted by atomic mass is 10.0. The molecule has 0 aliphatic carbocycles. The zero-order valence-corrected chi connectivity index (χ0v) is 17.5. The first-order chi connectivity index (χ1) is 14.6. The zero-order chi connectivity index (χ0) is 21.1. The molecule has 0 aliphatic heterocycles. The lowest BCUT2D eigenvalue weighted by Gasteiger charge is -2.14. The lowest BCUT2D eigenvalue weighted by Crippen LogP contribution is -2.13. The highest BCUT2D eigenvalue weighted by atomic mass is 32.1. The van der Waals surface area contributed by atoms with Gasteiger partial charge in [0.05, 0.1) is 19.9 Å². The van der Waals surface area contributed by atoms with E-state index in [0.29, 0.717) is 29.2 Å². The average molecular weight is 420 g/mol. The highest BCUT2D eigenvalue weighted by Gasteiger charge is 2.16. The van der Waals surface area contributed by atoms with Gasteiger partial charge in [-0.15, -0.1) is 17.9 Å². The van der Waals surface area contributed by atoms with Crippen LogP contribution >= 0.6 is 11.3 Å². The largest absolute Gasteiger partial charge is 0.493 e. The smallest absolute Gasteiger partial charge is 0.255 e. The van der Waals surface area contributed by atoms with Gasteiger partial charge in [0.15, 0.2) is 16.5 Å². The molecule has 6 nitrogen and oxygen atoms in total. The molecule has 0 bridgehead atoms. The molecule has 30 heavy (non-hydrogen) atoms. The quantitative estimate of drug-likeness (QED) is 0.425. The normalized spacial score (nSPS) is 10.7. The van der Waals surface area contributed by atoms with Crippen LogP contribution in [0.3, 0.4) is 0 Å². The second-order valence-electron chi connectivity index (χ2n) is 6.61. The number of allylic oxidation sites excluding steroid dienone is 1. The van der Waals surface area contributed by atoms with Gasteiger partial charge >= 0.3 is 0 Å². The number of methoxy groups -OCH3 is 2. The van der Waals surface area contributed by atoms with Crippen LogP contribution in [-0.4, -0.2) is 29.5 Å². The number of anilines is 1. The summed E-state index contributed by atoms with van der Waals surface area (Å²) in [4.78, 5) is 18.4. The topological polar surface area (TPSA) is 64.9 Å². The van der Waals surface area contributed by atoms with Crippen molar-refractivity contribution < 1.29 is 14.3 Å². The molecule has 4 aromatic rings. The predicted molar refractivity (Wildman–Crippen MR) is 120 cm³/mol. The lowest BCUT2D eigenvalue weighted by molar-refractivity contribution is 0.102. The zero-order valence-electron chi connectivity index (χ0n) is 16.7. The number of aromatic nitrogens is 2. The third kappa shape index (κ3) is 3.79. The molecule has 7 heteroatoms. The van der Waals surface area contributed by atoms with Crippen LogP contribution in [0.1, 0.15) is 15.9 Å². The van der Waals surface area contributed by atoms with Gasteiger partial charge in [-0.1, -0.05) is 18.2 Å². The molecule has 2 aromatic heterocycles. The van der Waals surface area contributed by atoms with E-state index in [1.165, 1.54) is 0 Å². The van der Waals surface area contributed by atoms with Crippen LogP contribution in [0.25, 0.3) is 16.2 Å². The number of carbonyl (C=O) groups is 1. The number of carbonyl (C=O) groups excluding carboxylic acids is 1. The second-order valence-corrected chi connectivity index (χ2v) is 7.49. The van der Waals surface area contributed by atoms with Crippen molar-refractivity contribution in [3.05, 3.63) is 78.0 Å². The Morgan fingerprint density at radius 3 is 2.70 bits per heavy atom. The van der Waals surface area contributed by atoms with Gasteiger partial charge < -0.3 is 14.8 Å². The van der Waals surface area contributed by atoms with Crippen molar-refractivity contribution in [3.63, 3.8) is 0 Å². The van der Waals surface area contributed by atoms with E-state index in [0.717, 1.165) is 21.8 Å². The minimum atomic E-state index is -0.225. The van der Waals surface area contributed by atoms with Crippen LogP contribution in [0.4, 0.5) is 5.69 Å². The summed E-state index contributed by atoms with van der Waals surface area (Å²) in [5, 5.41) is 4.93. The molecule has 152 valence electrons. The number of thiazole rings is 1. The van der Waals surface area contributed by atoms with Crippen LogP contribution in [-0.2, 0) is 6.42 Å². The van der Waals surface area contributed by atoms with Gasteiger partial charge in [0, 0.05) is 40.2 Å². The number of hydrogen-bond donors (Lipinski definition) is 1. The Hall–Kier alpha value is -3.58. The summed E-state index contributed by atoms with van der Waals surface area (Å²) >= 11 is 1.59. The Morgan fingerprint density at radius 2 is 2.03 bits per heavy atom. The number of benzene rings is 2. The standard InChI is InChI=1S/C23H21N3O3S/c1-4-5-16-12-17(13-20(28-2)21(16)29-3)22(27)24-18-8-6-15(7-9-18)19-14-26-10-11-30-23(26)25-19/h4,6-14H,1,5H2,2-3H3,(H,24,27). The Labute approximate surface area is 178 Å². The average Bonchev–Trinajstić information content (AvgIpc) is 3.36. The molecule has 0 aliphatic rings. The first kappa shape index (κ1) is 19.7. The number of hydrogen-bond acceptors (Lipinski definition) is 5. The highest BCUT2D eigenvalue weighted by Crippen LogP contribution is 2.33. The molecule has 0 fully saturated rings. The molecule has 0 saturated carbocycles. The van der Waals surface area contributed by atoms with Crippen LogP contribution < -0.4 is 14.8 Å². The Bertz CT molecular complexity index is 1180. The monoisotopic (exact) mass is 419 g/mol. The van der Waals surface area contributed by atoms with E-state index in [1.54, 1.807) is 43.8 Å². The van der Waals surface area contributed by atoms with Crippen molar-refractivity contribution in [2.24, 2.45) is 0 Å². The van der Waals surface area contributed by atoms with Gasteiger partial charge in [-0.05, 0) is 30.7 Å². The predicted octanol–water partition coefficient (Wildman–Crippen LogP) is 5.06. The number of nitrogens with zero attached hydrogens (tertiary/aromatic N) is 2. The molecule has 0 radical (unpaired) electrons. The molecule has 0 spiro atoms. The minimum absolute atomic E-state index is 0.225. The molecular weight excluding hydrogens is 398 g/mol. The molecule has 4 rings (SSSR count). The summed E-state index contributed by atoms with van der Waals surface area (Å²) in [7, 11) is 3.13. The van der Waals surface area contributed by atoms with Gasteiger partial charge in [0.25, 0.3) is 5.91 Å². The summed E-state index contributed by atoms with van der Waals surface area (Å²) in [5.41, 5.74) is 3.91. The molecular formula is C23H21N3O3S. The van der Waals surface area contributed by atoms with E-state index in [1.807, 2.05) is 46.4 Å². The van der Waals surface area contributed by atoms with Crippen LogP contribution in [0.5, 0.6) is 11.5 Å². The molecule has 2 aromatic carbocycles. The molecule has 0 unspecified atom stereocenters. The van der Waals surface area contributed by atoms with Crippen molar-refractivity contribution in [2.75, 3.05) is 19.5 Å². The maximum Gasteiger partial charge on any atom is 0.255 e. The van der Waals surface area contributed by atoms with Crippen molar-refractivity contribution in [3.8, 4) is 22.8 Å². The van der Waals surface area contributed by atoms with E-state index in [2.05, 4.69) is 16.9 Å². The van der Waals surface area contributed by atoms with Crippen molar-refractivity contribution >= 4 is 27.9 Å². The molecule has 1 N–H and O–H groups in total. The van der Waals surface area contributed by atoms with Crippen molar-refractivity contribution in [2.45, 2.75) is 6.42 Å². The second kappa shape index (κ2) is 8.42. The molecule has 1 amide bonds. The summed E-state index contributed by atoms with van der Waals surface area (Å²) in [5.74, 6) is 0.895. The summed E-state index contributed by atoms with van der Waals surface area (Å²) in [6.07, 6.45) is 6.30. The molecule has 0 atom stereocenters. The van der Waals surface area contributed by atoms with E-state index < -0.39 is 0 Å². The Balaban J connectivity index is 1.55. The fourth-order valence-electron chi connectivity index (χ4n) is 3.28. The van der Waals surface area contributed by atoms with E-state index in [-0.39, 0.29) is 5.91 Å². The summed E-state index contributed by atoms with van der Waals surface area (Å²) in [6.45, 7) is 3.77. The third-order valence-electron chi connectivity index (χ3n) is 4.71. The van der Waals surface area contributed by atoms with Gasteiger partial charge in [0.1, 0.15) is 0 Å². The number of amides is 1. The molecule has 2 heterocycles. The minimum Gasteiger partial charge on any atom is -0.493 e. The number of rotatable bonds is 7. The van der Waals surface area contributed by atoms with E-state index in [9.17, 15) is 4.79 Å². The third-order valence-corrected chi connectivity index (χ3v) is 5.48. The number of imidazole rings is 1. The Morgan fingerprint density at radius 1 is 1.23 bits per heavy atom. The van der Waals surface area contributed by atoms with Crippen molar-refractivity contribution in [1.82, 2.24) is 9.38 Å². The van der Waals surface area contributed by atoms with E-state index in [4.69, 9.17) is 9.47 Å². The van der Waals surface area contributed by atoms with Crippen LogP contribution in [0, 0.1) is 0 Å². The van der Waals surface area contributed by atoms with Crippen LogP contribution in [0.15, 0.2) is 66.8 Å². The number of fused-ring (bicyclic) bond motifs is 1. The van der Waals surface area contributed by atoms with Crippen LogP contribution in [0.2, 0.25) is 0 Å². The van der Waals surface area contributed by atoms with Gasteiger partial charge in [-0.25, -0.2) is 4.98 Å². The maximum atomic E-state index is 12.8. The molecule has 0 saturated heterocycles. The van der Waals surface area contributed by atoms with Gasteiger partial charge in [0.2, 0.25) is 0 Å².